The highest BCUT2D eigenvalue weighted by Crippen LogP contribution is 2.15. The van der Waals surface area contributed by atoms with Crippen LogP contribution < -0.4 is 5.32 Å². The molecule has 0 heterocycles. The quantitative estimate of drug-likeness (QED) is 0.0377. The maximum absolute atomic E-state index is 12.5. The number of hydrogen-bond acceptors (Lipinski definition) is 4. The van der Waals surface area contributed by atoms with Gasteiger partial charge in [0, 0.05) is 0 Å². The van der Waals surface area contributed by atoms with Crippen LogP contribution in [0, 0.1) is 0 Å². The second-order valence-electron chi connectivity index (χ2n) is 15.3. The van der Waals surface area contributed by atoms with Gasteiger partial charge in [0.25, 0.3) is 0 Å². The molecule has 5 nitrogen and oxygen atoms in total. The van der Waals surface area contributed by atoms with Gasteiger partial charge >= 0.3 is 0 Å². The normalized spacial score (nSPS) is 13.8. The number of aliphatic hydroxyl groups is 3. The van der Waals surface area contributed by atoms with E-state index in [-0.39, 0.29) is 6.61 Å². The van der Waals surface area contributed by atoms with Crippen LogP contribution in [0.5, 0.6) is 0 Å². The summed E-state index contributed by atoms with van der Waals surface area (Å²) in [6, 6.07) is -0.800. The zero-order valence-corrected chi connectivity index (χ0v) is 33.5. The standard InChI is InChI=1S/C45H87NO4/c1-3-5-7-9-11-13-15-17-19-21-22-24-25-27-29-31-33-35-37-39-43(48)42(41-47)46-45(50)44(49)40-38-36-34-32-30-28-26-23-20-18-16-14-12-10-8-6-4-2/h26,28,37,39,42-44,47-49H,3-25,27,29-36,38,40-41H2,1-2H3,(H,46,50)/b28-26-,39-37+. The molecule has 0 rings (SSSR count). The molecular formula is C45H87NO4. The van der Waals surface area contributed by atoms with E-state index in [0.717, 1.165) is 44.9 Å². The number of hydrogen-bond donors (Lipinski definition) is 4. The Morgan fingerprint density at radius 3 is 1.16 bits per heavy atom. The molecule has 0 aliphatic carbocycles. The first-order chi connectivity index (χ1) is 24.6. The van der Waals surface area contributed by atoms with Crippen LogP contribution in [0.4, 0.5) is 0 Å². The van der Waals surface area contributed by atoms with Gasteiger partial charge in [-0.3, -0.25) is 4.79 Å². The predicted molar refractivity (Wildman–Crippen MR) is 218 cm³/mol. The molecule has 3 unspecified atom stereocenters. The number of rotatable bonds is 40. The lowest BCUT2D eigenvalue weighted by molar-refractivity contribution is -0.131. The summed E-state index contributed by atoms with van der Waals surface area (Å²) >= 11 is 0. The molecule has 0 aromatic rings. The third-order valence-corrected chi connectivity index (χ3v) is 10.3. The van der Waals surface area contributed by atoms with Crippen molar-refractivity contribution in [3.05, 3.63) is 24.3 Å². The van der Waals surface area contributed by atoms with E-state index < -0.39 is 24.2 Å². The van der Waals surface area contributed by atoms with Crippen molar-refractivity contribution in [3.63, 3.8) is 0 Å². The number of nitrogens with one attached hydrogen (secondary N) is 1. The first kappa shape index (κ1) is 48.8. The Balaban J connectivity index is 3.68. The van der Waals surface area contributed by atoms with E-state index in [1.807, 2.05) is 6.08 Å². The van der Waals surface area contributed by atoms with E-state index >= 15 is 0 Å². The smallest absolute Gasteiger partial charge is 0.249 e. The first-order valence-corrected chi connectivity index (χ1v) is 22.2. The van der Waals surface area contributed by atoms with Gasteiger partial charge in [-0.25, -0.2) is 0 Å². The fraction of sp³-hybridized carbons (Fsp3) is 0.889. The van der Waals surface area contributed by atoms with Gasteiger partial charge < -0.3 is 20.6 Å². The molecule has 0 fully saturated rings. The molecule has 1 amide bonds. The van der Waals surface area contributed by atoms with Crippen LogP contribution in [0.1, 0.15) is 232 Å². The Labute approximate surface area is 312 Å². The number of allylic oxidation sites excluding steroid dienone is 3. The Hall–Kier alpha value is -1.17. The number of aliphatic hydroxyl groups excluding tert-OH is 3. The summed E-state index contributed by atoms with van der Waals surface area (Å²) in [4.78, 5) is 12.5. The topological polar surface area (TPSA) is 89.8 Å². The van der Waals surface area contributed by atoms with Gasteiger partial charge in [-0.1, -0.05) is 212 Å². The second-order valence-corrected chi connectivity index (χ2v) is 15.3. The minimum absolute atomic E-state index is 0.365. The lowest BCUT2D eigenvalue weighted by Gasteiger charge is -2.21. The minimum Gasteiger partial charge on any atom is -0.394 e. The lowest BCUT2D eigenvalue weighted by Crippen LogP contribution is -2.48. The van der Waals surface area contributed by atoms with Gasteiger partial charge in [0.2, 0.25) is 5.91 Å². The maximum atomic E-state index is 12.5. The summed E-state index contributed by atoms with van der Waals surface area (Å²) in [5.74, 6) is -0.510. The van der Waals surface area contributed by atoms with Gasteiger partial charge in [-0.05, 0) is 44.9 Å². The highest BCUT2D eigenvalue weighted by molar-refractivity contribution is 5.80. The van der Waals surface area contributed by atoms with Crippen molar-refractivity contribution >= 4 is 5.91 Å². The van der Waals surface area contributed by atoms with Crippen LogP contribution in [0.25, 0.3) is 0 Å². The highest BCUT2D eigenvalue weighted by atomic mass is 16.3. The molecule has 0 aliphatic heterocycles. The van der Waals surface area contributed by atoms with E-state index in [4.69, 9.17) is 0 Å². The molecule has 0 aliphatic rings. The summed E-state index contributed by atoms with van der Waals surface area (Å²) in [6.07, 6.45) is 49.2. The van der Waals surface area contributed by atoms with Gasteiger partial charge in [-0.2, -0.15) is 0 Å². The van der Waals surface area contributed by atoms with Crippen molar-refractivity contribution in [3.8, 4) is 0 Å². The SMILES string of the molecule is CCCCCCCCCCC/C=C\CCCCCCC(O)C(=O)NC(CO)C(O)/C=C/CCCCCCCCCCCCCCCCCCC. The molecule has 296 valence electrons. The van der Waals surface area contributed by atoms with Crippen LogP contribution >= 0.6 is 0 Å². The molecule has 4 N–H and O–H groups in total. The summed E-state index contributed by atoms with van der Waals surface area (Å²) in [6.45, 7) is 4.19. The second kappa shape index (κ2) is 40.6. The van der Waals surface area contributed by atoms with Crippen molar-refractivity contribution in [2.45, 2.75) is 250 Å². The van der Waals surface area contributed by atoms with E-state index in [2.05, 4.69) is 31.3 Å². The highest BCUT2D eigenvalue weighted by Gasteiger charge is 2.22. The molecule has 3 atom stereocenters. The average molecular weight is 706 g/mol. The fourth-order valence-corrected chi connectivity index (χ4v) is 6.77. The molecule has 50 heavy (non-hydrogen) atoms. The van der Waals surface area contributed by atoms with Gasteiger partial charge in [0.05, 0.1) is 18.8 Å². The Morgan fingerprint density at radius 2 is 0.800 bits per heavy atom. The van der Waals surface area contributed by atoms with E-state index in [1.165, 1.54) is 167 Å². The molecule has 0 saturated carbocycles. The molecule has 0 saturated heterocycles. The Kier molecular flexibility index (Phi) is 39.6. The third-order valence-electron chi connectivity index (χ3n) is 10.3. The maximum Gasteiger partial charge on any atom is 0.249 e. The van der Waals surface area contributed by atoms with Crippen molar-refractivity contribution in [2.75, 3.05) is 6.61 Å². The first-order valence-electron chi connectivity index (χ1n) is 22.2. The van der Waals surface area contributed by atoms with Crippen molar-refractivity contribution in [1.29, 1.82) is 0 Å². The zero-order valence-electron chi connectivity index (χ0n) is 33.5. The molecule has 0 radical (unpaired) electrons. The molecule has 5 heteroatoms. The third kappa shape index (κ3) is 35.2. The summed E-state index contributed by atoms with van der Waals surface area (Å²) in [7, 11) is 0. The van der Waals surface area contributed by atoms with Crippen molar-refractivity contribution in [2.24, 2.45) is 0 Å². The van der Waals surface area contributed by atoms with Crippen LogP contribution in [0.15, 0.2) is 24.3 Å². The molecule has 0 aromatic heterocycles. The van der Waals surface area contributed by atoms with Crippen molar-refractivity contribution < 1.29 is 20.1 Å². The minimum atomic E-state index is -1.11. The van der Waals surface area contributed by atoms with Crippen LogP contribution in [0.3, 0.4) is 0 Å². The predicted octanol–water partition coefficient (Wildman–Crippen LogP) is 12.6. The largest absolute Gasteiger partial charge is 0.394 e. The van der Waals surface area contributed by atoms with Gasteiger partial charge in [0.15, 0.2) is 0 Å². The summed E-state index contributed by atoms with van der Waals surface area (Å²) in [5.41, 5.74) is 0. The fourth-order valence-electron chi connectivity index (χ4n) is 6.77. The van der Waals surface area contributed by atoms with Crippen LogP contribution in [-0.4, -0.2) is 46.1 Å². The molecule has 0 aromatic carbocycles. The number of carbonyl (C=O) groups excluding carboxylic acids is 1. The number of unbranched alkanes of at least 4 members (excludes halogenated alkanes) is 30. The number of carbonyl (C=O) groups is 1. The van der Waals surface area contributed by atoms with Gasteiger partial charge in [-0.15, -0.1) is 0 Å². The van der Waals surface area contributed by atoms with Crippen molar-refractivity contribution in [1.82, 2.24) is 5.32 Å². The van der Waals surface area contributed by atoms with Crippen LogP contribution in [0.2, 0.25) is 0 Å². The van der Waals surface area contributed by atoms with E-state index in [1.54, 1.807) is 6.08 Å². The summed E-state index contributed by atoms with van der Waals surface area (Å²) in [5, 5.41) is 33.1. The molecular weight excluding hydrogens is 618 g/mol. The average Bonchev–Trinajstić information content (AvgIpc) is 3.12. The van der Waals surface area contributed by atoms with Gasteiger partial charge in [0.1, 0.15) is 6.10 Å². The van der Waals surface area contributed by atoms with Crippen LogP contribution in [-0.2, 0) is 4.79 Å². The Morgan fingerprint density at radius 1 is 0.480 bits per heavy atom. The number of amides is 1. The van der Waals surface area contributed by atoms with E-state index in [9.17, 15) is 20.1 Å². The molecule has 0 bridgehead atoms. The lowest BCUT2D eigenvalue weighted by atomic mass is 10.0. The summed E-state index contributed by atoms with van der Waals surface area (Å²) < 4.78 is 0. The zero-order chi connectivity index (χ0) is 36.6. The monoisotopic (exact) mass is 706 g/mol. The Bertz CT molecular complexity index is 739. The molecule has 0 spiro atoms. The van der Waals surface area contributed by atoms with E-state index in [0.29, 0.717) is 6.42 Å².